The van der Waals surface area contributed by atoms with Crippen LogP contribution in [0.2, 0.25) is 0 Å². The van der Waals surface area contributed by atoms with Crippen molar-refractivity contribution in [3.8, 4) is 0 Å². The monoisotopic (exact) mass is 321 g/mol. The second kappa shape index (κ2) is 5.16. The Morgan fingerprint density at radius 3 is 2.95 bits per heavy atom. The normalized spacial score (nSPS) is 23.9. The number of hydrogen-bond acceptors (Lipinski definition) is 2. The highest BCUT2D eigenvalue weighted by Gasteiger charge is 2.23. The highest BCUT2D eigenvalue weighted by molar-refractivity contribution is 9.10. The molecule has 1 aromatic heterocycles. The van der Waals surface area contributed by atoms with Crippen molar-refractivity contribution in [3.63, 3.8) is 0 Å². The Balaban J connectivity index is 1.93. The summed E-state index contributed by atoms with van der Waals surface area (Å²) in [7, 11) is 0. The fourth-order valence-electron chi connectivity index (χ4n) is 3.21. The van der Waals surface area contributed by atoms with E-state index in [1.807, 2.05) is 6.07 Å². The number of fused-ring (bicyclic) bond motifs is 1. The van der Waals surface area contributed by atoms with Gasteiger partial charge in [-0.25, -0.2) is 4.98 Å². The molecule has 0 spiro atoms. The van der Waals surface area contributed by atoms with Crippen molar-refractivity contribution in [2.75, 3.05) is 5.73 Å². The van der Waals surface area contributed by atoms with Crippen LogP contribution in [0.25, 0.3) is 11.0 Å². The largest absolute Gasteiger partial charge is 0.369 e. The molecule has 4 heteroatoms. The van der Waals surface area contributed by atoms with Crippen LogP contribution in [0.15, 0.2) is 22.7 Å². The summed E-state index contributed by atoms with van der Waals surface area (Å²) < 4.78 is 3.24. The zero-order valence-corrected chi connectivity index (χ0v) is 12.9. The summed E-state index contributed by atoms with van der Waals surface area (Å²) in [4.78, 5) is 4.48. The van der Waals surface area contributed by atoms with Gasteiger partial charge in [-0.15, -0.1) is 0 Å². The van der Waals surface area contributed by atoms with E-state index in [1.165, 1.54) is 25.7 Å². The molecule has 1 aromatic carbocycles. The summed E-state index contributed by atoms with van der Waals surface area (Å²) in [5.41, 5.74) is 8.24. The van der Waals surface area contributed by atoms with Gasteiger partial charge in [0.15, 0.2) is 0 Å². The number of imidazole rings is 1. The summed E-state index contributed by atoms with van der Waals surface area (Å²) >= 11 is 3.48. The van der Waals surface area contributed by atoms with Crippen LogP contribution in [-0.4, -0.2) is 9.55 Å². The standard InChI is InChI=1S/C15H20BrN3/c1-10-4-2-3-5-11(10)9-19-14-7-6-12(16)8-13(14)18-15(19)17/h6-8,10-11H,2-5,9H2,1H3,(H2,17,18). The molecule has 0 amide bonds. The molecule has 3 rings (SSSR count). The Kier molecular flexibility index (Phi) is 3.52. The van der Waals surface area contributed by atoms with E-state index >= 15 is 0 Å². The summed E-state index contributed by atoms with van der Waals surface area (Å²) in [5, 5.41) is 0. The van der Waals surface area contributed by atoms with E-state index in [2.05, 4.69) is 44.5 Å². The molecule has 0 bridgehead atoms. The lowest BCUT2D eigenvalue weighted by Gasteiger charge is -2.29. The third-order valence-electron chi connectivity index (χ3n) is 4.45. The number of anilines is 1. The molecule has 2 aromatic rings. The van der Waals surface area contributed by atoms with Gasteiger partial charge in [0.1, 0.15) is 0 Å². The first-order chi connectivity index (χ1) is 9.15. The maximum atomic E-state index is 6.10. The van der Waals surface area contributed by atoms with Gasteiger partial charge in [-0.1, -0.05) is 42.1 Å². The second-order valence-corrected chi connectivity index (χ2v) is 6.65. The average Bonchev–Trinajstić information content (AvgIpc) is 2.68. The van der Waals surface area contributed by atoms with E-state index in [4.69, 9.17) is 5.73 Å². The molecule has 0 aliphatic heterocycles. The summed E-state index contributed by atoms with van der Waals surface area (Å²) in [5.74, 6) is 2.17. The lowest BCUT2D eigenvalue weighted by atomic mass is 9.80. The van der Waals surface area contributed by atoms with Gasteiger partial charge in [0.05, 0.1) is 11.0 Å². The highest BCUT2D eigenvalue weighted by Crippen LogP contribution is 2.32. The molecule has 1 aliphatic rings. The summed E-state index contributed by atoms with van der Waals surface area (Å²) in [6, 6.07) is 6.20. The molecule has 1 aliphatic carbocycles. The van der Waals surface area contributed by atoms with Crippen molar-refractivity contribution in [2.45, 2.75) is 39.2 Å². The molecule has 2 unspecified atom stereocenters. The number of nitrogens with zero attached hydrogens (tertiary/aromatic N) is 2. The van der Waals surface area contributed by atoms with Gasteiger partial charge in [0.2, 0.25) is 5.95 Å². The van der Waals surface area contributed by atoms with Crippen LogP contribution in [0.3, 0.4) is 0 Å². The highest BCUT2D eigenvalue weighted by atomic mass is 79.9. The third kappa shape index (κ3) is 2.50. The minimum Gasteiger partial charge on any atom is -0.369 e. The molecule has 19 heavy (non-hydrogen) atoms. The van der Waals surface area contributed by atoms with E-state index in [-0.39, 0.29) is 0 Å². The minimum atomic E-state index is 0.644. The molecule has 2 atom stereocenters. The number of aromatic nitrogens is 2. The van der Waals surface area contributed by atoms with E-state index in [0.717, 1.165) is 33.9 Å². The Hall–Kier alpha value is -1.03. The van der Waals surface area contributed by atoms with Crippen LogP contribution in [0.1, 0.15) is 32.6 Å². The first-order valence-electron chi connectivity index (χ1n) is 7.06. The first-order valence-corrected chi connectivity index (χ1v) is 7.85. The maximum absolute atomic E-state index is 6.10. The van der Waals surface area contributed by atoms with E-state index in [9.17, 15) is 0 Å². The number of halogens is 1. The zero-order chi connectivity index (χ0) is 13.4. The lowest BCUT2D eigenvalue weighted by Crippen LogP contribution is -2.22. The zero-order valence-electron chi connectivity index (χ0n) is 11.3. The number of hydrogen-bond donors (Lipinski definition) is 1. The van der Waals surface area contributed by atoms with Crippen molar-refractivity contribution in [1.29, 1.82) is 0 Å². The molecular formula is C15H20BrN3. The fourth-order valence-corrected chi connectivity index (χ4v) is 3.56. The Morgan fingerprint density at radius 1 is 1.37 bits per heavy atom. The van der Waals surface area contributed by atoms with Crippen LogP contribution >= 0.6 is 15.9 Å². The van der Waals surface area contributed by atoms with E-state index in [1.54, 1.807) is 0 Å². The van der Waals surface area contributed by atoms with Crippen molar-refractivity contribution in [1.82, 2.24) is 9.55 Å². The van der Waals surface area contributed by atoms with Crippen LogP contribution in [0, 0.1) is 11.8 Å². The van der Waals surface area contributed by atoms with Crippen LogP contribution in [-0.2, 0) is 6.54 Å². The van der Waals surface area contributed by atoms with Gasteiger partial charge < -0.3 is 10.3 Å². The lowest BCUT2D eigenvalue weighted by molar-refractivity contribution is 0.231. The predicted octanol–water partition coefficient (Wildman–Crippen LogP) is 4.21. The topological polar surface area (TPSA) is 43.8 Å². The molecular weight excluding hydrogens is 302 g/mol. The molecule has 1 saturated carbocycles. The Bertz CT molecular complexity index is 590. The van der Waals surface area contributed by atoms with E-state index in [0.29, 0.717) is 5.95 Å². The van der Waals surface area contributed by atoms with Crippen LogP contribution in [0.4, 0.5) is 5.95 Å². The van der Waals surface area contributed by atoms with Crippen LogP contribution < -0.4 is 5.73 Å². The molecule has 102 valence electrons. The molecule has 2 N–H and O–H groups in total. The Labute approximate surface area is 122 Å². The number of nitrogen functional groups attached to an aromatic ring is 1. The van der Waals surface area contributed by atoms with Gasteiger partial charge in [0.25, 0.3) is 0 Å². The smallest absolute Gasteiger partial charge is 0.201 e. The molecule has 1 fully saturated rings. The first kappa shape index (κ1) is 13.0. The van der Waals surface area contributed by atoms with Gasteiger partial charge >= 0.3 is 0 Å². The van der Waals surface area contributed by atoms with Gasteiger partial charge in [-0.2, -0.15) is 0 Å². The van der Waals surface area contributed by atoms with Crippen molar-refractivity contribution in [2.24, 2.45) is 11.8 Å². The molecule has 1 heterocycles. The van der Waals surface area contributed by atoms with Crippen molar-refractivity contribution < 1.29 is 0 Å². The molecule has 3 nitrogen and oxygen atoms in total. The second-order valence-electron chi connectivity index (χ2n) is 5.74. The van der Waals surface area contributed by atoms with Crippen molar-refractivity contribution >= 4 is 32.9 Å². The average molecular weight is 322 g/mol. The SMILES string of the molecule is CC1CCCCC1Cn1c(N)nc2cc(Br)ccc21. The fraction of sp³-hybridized carbons (Fsp3) is 0.533. The van der Waals surface area contributed by atoms with Crippen LogP contribution in [0.5, 0.6) is 0 Å². The summed E-state index contributed by atoms with van der Waals surface area (Å²) in [6.07, 6.45) is 5.40. The molecule has 0 radical (unpaired) electrons. The Morgan fingerprint density at radius 2 is 2.16 bits per heavy atom. The number of rotatable bonds is 2. The van der Waals surface area contributed by atoms with Gasteiger partial charge in [-0.3, -0.25) is 0 Å². The summed E-state index contributed by atoms with van der Waals surface area (Å²) in [6.45, 7) is 3.38. The number of nitrogens with two attached hydrogens (primary N) is 1. The van der Waals surface area contributed by atoms with E-state index < -0.39 is 0 Å². The van der Waals surface area contributed by atoms with Gasteiger partial charge in [0, 0.05) is 11.0 Å². The minimum absolute atomic E-state index is 0.644. The maximum Gasteiger partial charge on any atom is 0.201 e. The van der Waals surface area contributed by atoms with Gasteiger partial charge in [-0.05, 0) is 36.5 Å². The number of benzene rings is 1. The predicted molar refractivity (Wildman–Crippen MR) is 83.0 cm³/mol. The molecule has 0 saturated heterocycles. The quantitative estimate of drug-likeness (QED) is 0.900. The third-order valence-corrected chi connectivity index (χ3v) is 4.94. The van der Waals surface area contributed by atoms with Crippen molar-refractivity contribution in [3.05, 3.63) is 22.7 Å².